The van der Waals surface area contributed by atoms with Crippen LogP contribution >= 0.6 is 0 Å². The molecule has 0 heterocycles. The van der Waals surface area contributed by atoms with Crippen LogP contribution in [0.5, 0.6) is 5.75 Å². The number of carbonyl (C=O) groups is 2. The van der Waals surface area contributed by atoms with E-state index in [1.807, 2.05) is 32.9 Å². The molecule has 0 radical (unpaired) electrons. The predicted octanol–water partition coefficient (Wildman–Crippen LogP) is 2.16. The summed E-state index contributed by atoms with van der Waals surface area (Å²) in [6.07, 6.45) is 0.579. The number of methoxy groups -OCH3 is 1. The lowest BCUT2D eigenvalue weighted by Crippen LogP contribution is -2.42. The van der Waals surface area contributed by atoms with Crippen molar-refractivity contribution in [2.45, 2.75) is 39.7 Å². The second-order valence-electron chi connectivity index (χ2n) is 5.57. The van der Waals surface area contributed by atoms with Crippen LogP contribution in [0.3, 0.4) is 0 Å². The van der Waals surface area contributed by atoms with Gasteiger partial charge in [-0.15, -0.1) is 0 Å². The van der Waals surface area contributed by atoms with Gasteiger partial charge in [-0.2, -0.15) is 0 Å². The Morgan fingerprint density at radius 1 is 1.33 bits per heavy atom. The van der Waals surface area contributed by atoms with Gasteiger partial charge in [0.2, 0.25) is 5.91 Å². The molecule has 1 rings (SSSR count). The van der Waals surface area contributed by atoms with Crippen molar-refractivity contribution in [1.29, 1.82) is 0 Å². The number of amides is 1. The largest absolute Gasteiger partial charge is 0.496 e. The fourth-order valence-corrected chi connectivity index (χ4v) is 2.17. The lowest BCUT2D eigenvalue weighted by Gasteiger charge is -2.16. The van der Waals surface area contributed by atoms with Crippen LogP contribution in [0.15, 0.2) is 18.2 Å². The molecule has 21 heavy (non-hydrogen) atoms. The first-order chi connectivity index (χ1) is 9.83. The topological polar surface area (TPSA) is 75.6 Å². The predicted molar refractivity (Wildman–Crippen MR) is 80.5 cm³/mol. The third kappa shape index (κ3) is 5.45. The standard InChI is InChI=1S/C16H23NO4/c1-10(2)7-13(16(19)20)17-15(18)9-12-5-6-14(21-4)11(3)8-12/h5-6,8,10,13H,7,9H2,1-4H3,(H,17,18)(H,19,20)/t13-/m0/s1. The number of ether oxygens (including phenoxy) is 1. The van der Waals surface area contributed by atoms with Crippen LogP contribution in [0.25, 0.3) is 0 Å². The van der Waals surface area contributed by atoms with Gasteiger partial charge in [-0.3, -0.25) is 4.79 Å². The van der Waals surface area contributed by atoms with E-state index >= 15 is 0 Å². The van der Waals surface area contributed by atoms with E-state index in [9.17, 15) is 9.59 Å². The SMILES string of the molecule is COc1ccc(CC(=O)N[C@@H](CC(C)C)C(=O)O)cc1C. The average Bonchev–Trinajstić information content (AvgIpc) is 2.37. The molecular formula is C16H23NO4. The monoisotopic (exact) mass is 293 g/mol. The zero-order chi connectivity index (χ0) is 16.0. The van der Waals surface area contributed by atoms with Crippen LogP contribution in [-0.2, 0) is 16.0 Å². The minimum Gasteiger partial charge on any atom is -0.496 e. The lowest BCUT2D eigenvalue weighted by atomic mass is 10.0. The molecule has 5 nitrogen and oxygen atoms in total. The number of nitrogens with one attached hydrogen (secondary N) is 1. The number of hydrogen-bond acceptors (Lipinski definition) is 3. The first-order valence-electron chi connectivity index (χ1n) is 6.99. The van der Waals surface area contributed by atoms with Gasteiger partial charge < -0.3 is 15.2 Å². The van der Waals surface area contributed by atoms with Gasteiger partial charge >= 0.3 is 5.97 Å². The average molecular weight is 293 g/mol. The minimum absolute atomic E-state index is 0.159. The Labute approximate surface area is 125 Å². The smallest absolute Gasteiger partial charge is 0.326 e. The molecule has 0 unspecified atom stereocenters. The molecular weight excluding hydrogens is 270 g/mol. The molecule has 116 valence electrons. The molecule has 0 spiro atoms. The Balaban J connectivity index is 2.67. The summed E-state index contributed by atoms with van der Waals surface area (Å²) in [6, 6.07) is 4.65. The second kappa shape index (κ2) is 7.67. The van der Waals surface area contributed by atoms with Gasteiger partial charge in [0, 0.05) is 0 Å². The molecule has 1 aromatic carbocycles. The number of carboxylic acid groups (broad SMARTS) is 1. The van der Waals surface area contributed by atoms with Crippen molar-refractivity contribution in [3.8, 4) is 5.75 Å². The van der Waals surface area contributed by atoms with E-state index in [-0.39, 0.29) is 18.2 Å². The maximum absolute atomic E-state index is 12.0. The van der Waals surface area contributed by atoms with Gasteiger partial charge in [0.05, 0.1) is 13.5 Å². The Kier molecular flexibility index (Phi) is 6.21. The van der Waals surface area contributed by atoms with E-state index in [4.69, 9.17) is 9.84 Å². The summed E-state index contributed by atoms with van der Waals surface area (Å²) >= 11 is 0. The number of benzene rings is 1. The van der Waals surface area contributed by atoms with Gasteiger partial charge in [-0.25, -0.2) is 4.79 Å². The van der Waals surface area contributed by atoms with Gasteiger partial charge in [-0.1, -0.05) is 26.0 Å². The summed E-state index contributed by atoms with van der Waals surface area (Å²) in [5.74, 6) is -0.312. The van der Waals surface area contributed by atoms with Crippen LogP contribution in [0.4, 0.5) is 0 Å². The van der Waals surface area contributed by atoms with Crippen molar-refractivity contribution in [1.82, 2.24) is 5.32 Å². The molecule has 1 atom stereocenters. The first kappa shape index (κ1) is 17.0. The molecule has 2 N–H and O–H groups in total. The highest BCUT2D eigenvalue weighted by Crippen LogP contribution is 2.18. The highest BCUT2D eigenvalue weighted by atomic mass is 16.5. The maximum atomic E-state index is 12.0. The van der Waals surface area contributed by atoms with Crippen molar-refractivity contribution < 1.29 is 19.4 Å². The number of aryl methyl sites for hydroxylation is 1. The molecule has 0 bridgehead atoms. The zero-order valence-corrected chi connectivity index (χ0v) is 13.0. The quantitative estimate of drug-likeness (QED) is 0.808. The summed E-state index contributed by atoms with van der Waals surface area (Å²) in [5, 5.41) is 11.7. The van der Waals surface area contributed by atoms with Crippen LogP contribution in [0.2, 0.25) is 0 Å². The highest BCUT2D eigenvalue weighted by molar-refractivity contribution is 5.84. The summed E-state index contributed by atoms with van der Waals surface area (Å²) in [6.45, 7) is 5.75. The molecule has 0 saturated carbocycles. The molecule has 1 amide bonds. The summed E-state index contributed by atoms with van der Waals surface area (Å²) in [5.41, 5.74) is 1.78. The van der Waals surface area contributed by atoms with E-state index in [1.54, 1.807) is 13.2 Å². The summed E-state index contributed by atoms with van der Waals surface area (Å²) in [7, 11) is 1.60. The fraction of sp³-hybridized carbons (Fsp3) is 0.500. The number of carboxylic acids is 1. The highest BCUT2D eigenvalue weighted by Gasteiger charge is 2.21. The summed E-state index contributed by atoms with van der Waals surface area (Å²) < 4.78 is 5.17. The zero-order valence-electron chi connectivity index (χ0n) is 13.0. The molecule has 0 aliphatic carbocycles. The number of hydrogen-bond donors (Lipinski definition) is 2. The molecule has 5 heteroatoms. The van der Waals surface area contributed by atoms with E-state index in [1.165, 1.54) is 0 Å². The van der Waals surface area contributed by atoms with E-state index < -0.39 is 12.0 Å². The van der Waals surface area contributed by atoms with Crippen LogP contribution in [0.1, 0.15) is 31.4 Å². The van der Waals surface area contributed by atoms with E-state index in [0.29, 0.717) is 6.42 Å². The van der Waals surface area contributed by atoms with Crippen molar-refractivity contribution in [3.05, 3.63) is 29.3 Å². The first-order valence-corrected chi connectivity index (χ1v) is 6.99. The Morgan fingerprint density at radius 2 is 2.00 bits per heavy atom. The van der Waals surface area contributed by atoms with E-state index in [2.05, 4.69) is 5.32 Å². The van der Waals surface area contributed by atoms with Gasteiger partial charge in [-0.05, 0) is 36.5 Å². The Hall–Kier alpha value is -2.04. The van der Waals surface area contributed by atoms with Gasteiger partial charge in [0.15, 0.2) is 0 Å². The lowest BCUT2D eigenvalue weighted by molar-refractivity contribution is -0.142. The molecule has 0 fully saturated rings. The Bertz CT molecular complexity index is 511. The molecule has 0 saturated heterocycles. The molecule has 0 aliphatic heterocycles. The fourth-order valence-electron chi connectivity index (χ4n) is 2.17. The molecule has 0 aromatic heterocycles. The van der Waals surface area contributed by atoms with Crippen molar-refractivity contribution >= 4 is 11.9 Å². The minimum atomic E-state index is -0.997. The normalized spacial score (nSPS) is 12.0. The third-order valence-electron chi connectivity index (χ3n) is 3.16. The van der Waals surface area contributed by atoms with Crippen molar-refractivity contribution in [3.63, 3.8) is 0 Å². The number of carbonyl (C=O) groups excluding carboxylic acids is 1. The molecule has 0 aliphatic rings. The van der Waals surface area contributed by atoms with Crippen LogP contribution < -0.4 is 10.1 Å². The third-order valence-corrected chi connectivity index (χ3v) is 3.16. The molecule has 1 aromatic rings. The number of aliphatic carboxylic acids is 1. The Morgan fingerprint density at radius 3 is 2.48 bits per heavy atom. The van der Waals surface area contributed by atoms with Gasteiger partial charge in [0.1, 0.15) is 11.8 Å². The second-order valence-corrected chi connectivity index (χ2v) is 5.57. The van der Waals surface area contributed by atoms with Crippen LogP contribution in [-0.4, -0.2) is 30.1 Å². The number of rotatable bonds is 7. The van der Waals surface area contributed by atoms with Crippen molar-refractivity contribution in [2.75, 3.05) is 7.11 Å². The van der Waals surface area contributed by atoms with E-state index in [0.717, 1.165) is 16.9 Å². The van der Waals surface area contributed by atoms with Gasteiger partial charge in [0.25, 0.3) is 0 Å². The summed E-state index contributed by atoms with van der Waals surface area (Å²) in [4.78, 5) is 23.1. The van der Waals surface area contributed by atoms with Crippen molar-refractivity contribution in [2.24, 2.45) is 5.92 Å². The van der Waals surface area contributed by atoms with Crippen LogP contribution in [0, 0.1) is 12.8 Å². The maximum Gasteiger partial charge on any atom is 0.326 e.